The SMILES string of the molecule is COc1cc(C)cc(OC)c1OCC(C)(C)CS(=O)(=O)Cl. The highest BCUT2D eigenvalue weighted by molar-refractivity contribution is 8.13. The minimum Gasteiger partial charge on any atom is -0.493 e. The molecule has 0 atom stereocenters. The Balaban J connectivity index is 2.98. The van der Waals surface area contributed by atoms with Crippen LogP contribution in [0.15, 0.2) is 12.1 Å². The summed E-state index contributed by atoms with van der Waals surface area (Å²) in [7, 11) is 4.78. The van der Waals surface area contributed by atoms with Crippen molar-refractivity contribution in [3.63, 3.8) is 0 Å². The Bertz CT molecular complexity index is 570. The fraction of sp³-hybridized carbons (Fsp3) is 0.571. The molecule has 0 amide bonds. The van der Waals surface area contributed by atoms with Gasteiger partial charge in [-0.2, -0.15) is 0 Å². The lowest BCUT2D eigenvalue weighted by atomic mass is 9.98. The summed E-state index contributed by atoms with van der Waals surface area (Å²) in [5, 5.41) is 0. The van der Waals surface area contributed by atoms with E-state index in [4.69, 9.17) is 24.9 Å². The molecule has 5 nitrogen and oxygen atoms in total. The molecule has 0 aliphatic rings. The van der Waals surface area contributed by atoms with Crippen LogP contribution in [0.5, 0.6) is 17.2 Å². The van der Waals surface area contributed by atoms with Gasteiger partial charge in [-0.25, -0.2) is 8.42 Å². The van der Waals surface area contributed by atoms with Crippen molar-refractivity contribution in [1.82, 2.24) is 0 Å². The van der Waals surface area contributed by atoms with E-state index in [1.165, 1.54) is 14.2 Å². The Morgan fingerprint density at radius 3 is 2.00 bits per heavy atom. The van der Waals surface area contributed by atoms with Gasteiger partial charge in [0, 0.05) is 16.1 Å². The van der Waals surface area contributed by atoms with Gasteiger partial charge in [-0.3, -0.25) is 0 Å². The van der Waals surface area contributed by atoms with Crippen LogP contribution in [0.3, 0.4) is 0 Å². The number of hydrogen-bond acceptors (Lipinski definition) is 5. The molecule has 0 N–H and O–H groups in total. The Hall–Kier alpha value is -1.14. The van der Waals surface area contributed by atoms with E-state index in [1.807, 2.05) is 19.1 Å². The van der Waals surface area contributed by atoms with Gasteiger partial charge in [-0.1, -0.05) is 13.8 Å². The Kier molecular flexibility index (Phi) is 5.75. The monoisotopic (exact) mass is 336 g/mol. The van der Waals surface area contributed by atoms with Gasteiger partial charge in [-0.15, -0.1) is 0 Å². The van der Waals surface area contributed by atoms with Crippen molar-refractivity contribution in [2.24, 2.45) is 5.41 Å². The maximum Gasteiger partial charge on any atom is 0.233 e. The predicted molar refractivity (Wildman–Crippen MR) is 83.2 cm³/mol. The summed E-state index contributed by atoms with van der Waals surface area (Å²) in [5.74, 6) is 1.34. The molecule has 0 aromatic heterocycles. The van der Waals surface area contributed by atoms with Gasteiger partial charge in [-0.05, 0) is 24.6 Å². The minimum atomic E-state index is -3.59. The van der Waals surface area contributed by atoms with Crippen LogP contribution in [0.25, 0.3) is 0 Å². The zero-order valence-electron chi connectivity index (χ0n) is 12.9. The van der Waals surface area contributed by atoms with Crippen molar-refractivity contribution < 1.29 is 22.6 Å². The Morgan fingerprint density at radius 2 is 1.62 bits per heavy atom. The highest BCUT2D eigenvalue weighted by Crippen LogP contribution is 2.39. The molecule has 0 radical (unpaired) electrons. The van der Waals surface area contributed by atoms with Gasteiger partial charge < -0.3 is 14.2 Å². The first-order chi connectivity index (χ1) is 9.58. The molecule has 0 fully saturated rings. The molecule has 1 rings (SSSR count). The molecule has 1 aromatic carbocycles. The number of ether oxygens (including phenoxy) is 3. The van der Waals surface area contributed by atoms with Gasteiger partial charge in [0.25, 0.3) is 0 Å². The first kappa shape index (κ1) is 17.9. The van der Waals surface area contributed by atoms with Crippen molar-refractivity contribution >= 4 is 19.7 Å². The Morgan fingerprint density at radius 1 is 1.14 bits per heavy atom. The molecule has 120 valence electrons. The van der Waals surface area contributed by atoms with Gasteiger partial charge in [0.05, 0.1) is 26.6 Å². The van der Waals surface area contributed by atoms with Gasteiger partial charge >= 0.3 is 0 Å². The zero-order chi connectivity index (χ0) is 16.3. The van der Waals surface area contributed by atoms with Gasteiger partial charge in [0.15, 0.2) is 11.5 Å². The molecule has 0 aliphatic carbocycles. The summed E-state index contributed by atoms with van der Waals surface area (Å²) in [6.07, 6.45) is 0. The van der Waals surface area contributed by atoms with Gasteiger partial charge in [0.1, 0.15) is 0 Å². The molecule has 0 bridgehead atoms. The largest absolute Gasteiger partial charge is 0.493 e. The first-order valence-corrected chi connectivity index (χ1v) is 8.83. The maximum atomic E-state index is 11.2. The van der Waals surface area contributed by atoms with E-state index in [-0.39, 0.29) is 12.4 Å². The van der Waals surface area contributed by atoms with E-state index < -0.39 is 14.5 Å². The molecule has 21 heavy (non-hydrogen) atoms. The molecule has 0 heterocycles. The highest BCUT2D eigenvalue weighted by Gasteiger charge is 2.27. The average Bonchev–Trinajstić information content (AvgIpc) is 2.33. The molecule has 7 heteroatoms. The van der Waals surface area contributed by atoms with E-state index in [0.717, 1.165) is 5.56 Å². The number of hydrogen-bond donors (Lipinski definition) is 0. The predicted octanol–water partition coefficient (Wildman–Crippen LogP) is 2.99. The maximum absolute atomic E-state index is 11.2. The molecule has 0 saturated heterocycles. The van der Waals surface area contributed by atoms with E-state index >= 15 is 0 Å². The zero-order valence-corrected chi connectivity index (χ0v) is 14.5. The van der Waals surface area contributed by atoms with Crippen molar-refractivity contribution in [2.45, 2.75) is 20.8 Å². The minimum absolute atomic E-state index is 0.161. The third-order valence-corrected chi connectivity index (χ3v) is 4.23. The summed E-state index contributed by atoms with van der Waals surface area (Å²) >= 11 is 0. The molecule has 0 saturated carbocycles. The number of methoxy groups -OCH3 is 2. The summed E-state index contributed by atoms with van der Waals surface area (Å²) in [5.41, 5.74) is 0.334. The lowest BCUT2D eigenvalue weighted by Crippen LogP contribution is -2.28. The smallest absolute Gasteiger partial charge is 0.233 e. The van der Waals surface area contributed by atoms with Crippen LogP contribution in [0.2, 0.25) is 0 Å². The third-order valence-electron chi connectivity index (χ3n) is 2.78. The fourth-order valence-corrected chi connectivity index (χ4v) is 3.83. The lowest BCUT2D eigenvalue weighted by Gasteiger charge is -2.24. The summed E-state index contributed by atoms with van der Waals surface area (Å²) in [6, 6.07) is 3.65. The molecule has 0 unspecified atom stereocenters. The number of halogens is 1. The molecule has 0 aliphatic heterocycles. The average molecular weight is 337 g/mol. The first-order valence-electron chi connectivity index (χ1n) is 6.36. The highest BCUT2D eigenvalue weighted by atomic mass is 35.7. The topological polar surface area (TPSA) is 61.8 Å². The molecular formula is C14H21ClO5S. The summed E-state index contributed by atoms with van der Waals surface area (Å²) in [4.78, 5) is 0. The molecular weight excluding hydrogens is 316 g/mol. The number of benzene rings is 1. The quantitative estimate of drug-likeness (QED) is 0.716. The van der Waals surface area contributed by atoms with Crippen molar-refractivity contribution in [3.8, 4) is 17.2 Å². The standard InChI is InChI=1S/C14H21ClO5S/c1-10-6-11(18-4)13(12(7-10)19-5)20-8-14(2,3)9-21(15,16)17/h6-7H,8-9H2,1-5H3. The second kappa shape index (κ2) is 6.75. The Labute approximate surface area is 130 Å². The number of rotatable bonds is 7. The lowest BCUT2D eigenvalue weighted by molar-refractivity contribution is 0.186. The second-order valence-corrected chi connectivity index (χ2v) is 8.41. The van der Waals surface area contributed by atoms with Crippen molar-refractivity contribution in [2.75, 3.05) is 26.6 Å². The van der Waals surface area contributed by atoms with Gasteiger partial charge in [0.2, 0.25) is 14.8 Å². The van der Waals surface area contributed by atoms with E-state index in [2.05, 4.69) is 0 Å². The third kappa shape index (κ3) is 5.63. The number of aryl methyl sites for hydroxylation is 1. The van der Waals surface area contributed by atoms with Crippen LogP contribution in [0.1, 0.15) is 19.4 Å². The summed E-state index contributed by atoms with van der Waals surface area (Å²) < 4.78 is 38.7. The van der Waals surface area contributed by atoms with Crippen LogP contribution in [-0.4, -0.2) is 35.0 Å². The van der Waals surface area contributed by atoms with Crippen molar-refractivity contribution in [3.05, 3.63) is 17.7 Å². The van der Waals surface area contributed by atoms with Crippen LogP contribution in [0, 0.1) is 12.3 Å². The molecule has 0 spiro atoms. The normalized spacial score (nSPS) is 12.1. The van der Waals surface area contributed by atoms with Crippen LogP contribution in [0.4, 0.5) is 0 Å². The second-order valence-electron chi connectivity index (χ2n) is 5.63. The van der Waals surface area contributed by atoms with E-state index in [9.17, 15) is 8.42 Å². The van der Waals surface area contributed by atoms with Crippen molar-refractivity contribution in [1.29, 1.82) is 0 Å². The fourth-order valence-electron chi connectivity index (χ4n) is 1.93. The van der Waals surface area contributed by atoms with Crippen LogP contribution >= 0.6 is 10.7 Å². The van der Waals surface area contributed by atoms with Crippen LogP contribution in [-0.2, 0) is 9.05 Å². The van der Waals surface area contributed by atoms with Crippen LogP contribution < -0.4 is 14.2 Å². The van der Waals surface area contributed by atoms with E-state index in [0.29, 0.717) is 17.2 Å². The van der Waals surface area contributed by atoms with E-state index in [1.54, 1.807) is 13.8 Å². The summed E-state index contributed by atoms with van der Waals surface area (Å²) in [6.45, 7) is 5.60. The molecule has 1 aromatic rings.